The van der Waals surface area contributed by atoms with Gasteiger partial charge in [0.25, 0.3) is 11.5 Å². The van der Waals surface area contributed by atoms with Crippen LogP contribution in [0.4, 0.5) is 0 Å². The Hall–Kier alpha value is -3.95. The number of carbonyl (C=O) groups is 2. The summed E-state index contributed by atoms with van der Waals surface area (Å²) in [6.07, 6.45) is -0.980. The highest BCUT2D eigenvalue weighted by atomic mass is 16.5. The Morgan fingerprint density at radius 3 is 2.66 bits per heavy atom. The number of benzene rings is 2. The van der Waals surface area contributed by atoms with Crippen LogP contribution < -0.4 is 10.9 Å². The molecular weight excluding hydrogens is 448 g/mol. The lowest BCUT2D eigenvalue weighted by Crippen LogP contribution is -2.55. The van der Waals surface area contributed by atoms with E-state index < -0.39 is 6.10 Å². The molecule has 2 aromatic heterocycles. The third-order valence-electron chi connectivity index (χ3n) is 6.37. The summed E-state index contributed by atoms with van der Waals surface area (Å²) in [6.45, 7) is 1.02. The molecule has 0 aliphatic carbocycles. The molecule has 0 saturated carbocycles. The first-order valence-corrected chi connectivity index (χ1v) is 11.4. The number of aromatic nitrogens is 2. The molecule has 4 N–H and O–H groups in total. The maximum Gasteiger partial charge on any atom is 0.257 e. The van der Waals surface area contributed by atoms with Crippen molar-refractivity contribution in [2.75, 3.05) is 26.7 Å². The number of aliphatic hydroxyl groups excluding tert-OH is 1. The first-order chi connectivity index (χ1) is 16.9. The standard InChI is InChI=1S/C26H26N4O5/c1-35-19-13-30(14-19)24(32)11-18(31)12-27-25(33)16-6-7-22-17(8-16)10-23(28-22)20-9-15-4-2-3-5-21(15)29-26(20)34/h2-10,18-19,28,31H,11-14H2,1H3,(H,27,33)(H,29,34). The van der Waals surface area contributed by atoms with Crippen molar-refractivity contribution in [3.05, 3.63) is 70.5 Å². The number of hydrogen-bond donors (Lipinski definition) is 4. The van der Waals surface area contributed by atoms with Crippen molar-refractivity contribution in [2.45, 2.75) is 18.6 Å². The largest absolute Gasteiger partial charge is 0.391 e. The van der Waals surface area contributed by atoms with Gasteiger partial charge in [0.1, 0.15) is 0 Å². The molecule has 1 unspecified atom stereocenters. The summed E-state index contributed by atoms with van der Waals surface area (Å²) in [4.78, 5) is 45.2. The fraction of sp³-hybridized carbons (Fsp3) is 0.269. The topological polar surface area (TPSA) is 128 Å². The highest BCUT2D eigenvalue weighted by Crippen LogP contribution is 2.25. The number of pyridine rings is 1. The smallest absolute Gasteiger partial charge is 0.257 e. The second kappa shape index (κ2) is 9.36. The van der Waals surface area contributed by atoms with E-state index in [4.69, 9.17) is 4.74 Å². The highest BCUT2D eigenvalue weighted by molar-refractivity contribution is 5.99. The van der Waals surface area contributed by atoms with Crippen LogP contribution in [-0.2, 0) is 9.53 Å². The summed E-state index contributed by atoms with van der Waals surface area (Å²) < 4.78 is 5.15. The van der Waals surface area contributed by atoms with Gasteiger partial charge in [-0.05, 0) is 41.8 Å². The number of fused-ring (bicyclic) bond motifs is 2. The maximum atomic E-state index is 12.6. The molecule has 0 radical (unpaired) electrons. The number of H-pyrrole nitrogens is 2. The van der Waals surface area contributed by atoms with Crippen molar-refractivity contribution in [3.8, 4) is 11.3 Å². The van der Waals surface area contributed by atoms with Crippen molar-refractivity contribution in [3.63, 3.8) is 0 Å². The number of hydrogen-bond acceptors (Lipinski definition) is 5. The molecule has 1 atom stereocenters. The van der Waals surface area contributed by atoms with Gasteiger partial charge in [-0.3, -0.25) is 14.4 Å². The minimum Gasteiger partial charge on any atom is -0.391 e. The Kier molecular flexibility index (Phi) is 6.10. The molecule has 180 valence electrons. The van der Waals surface area contributed by atoms with Crippen LogP contribution in [0.25, 0.3) is 33.1 Å². The molecule has 1 aliphatic heterocycles. The van der Waals surface area contributed by atoms with Gasteiger partial charge >= 0.3 is 0 Å². The van der Waals surface area contributed by atoms with Gasteiger partial charge in [0.2, 0.25) is 5.91 Å². The van der Waals surface area contributed by atoms with Crippen LogP contribution in [0.2, 0.25) is 0 Å². The number of ether oxygens (including phenoxy) is 1. The minimum atomic E-state index is -0.977. The van der Waals surface area contributed by atoms with Crippen molar-refractivity contribution in [1.82, 2.24) is 20.2 Å². The molecule has 5 rings (SSSR count). The first kappa shape index (κ1) is 22.8. The Bertz CT molecular complexity index is 1470. The molecule has 0 spiro atoms. The summed E-state index contributed by atoms with van der Waals surface area (Å²) in [5, 5.41) is 14.6. The van der Waals surface area contributed by atoms with E-state index in [1.54, 1.807) is 30.2 Å². The van der Waals surface area contributed by atoms with E-state index in [-0.39, 0.29) is 36.4 Å². The molecule has 35 heavy (non-hydrogen) atoms. The Morgan fingerprint density at radius 1 is 1.09 bits per heavy atom. The van der Waals surface area contributed by atoms with Gasteiger partial charge in [0.15, 0.2) is 0 Å². The van der Waals surface area contributed by atoms with Gasteiger partial charge in [-0.15, -0.1) is 0 Å². The van der Waals surface area contributed by atoms with E-state index >= 15 is 0 Å². The molecule has 1 fully saturated rings. The van der Waals surface area contributed by atoms with Crippen LogP contribution in [0.3, 0.4) is 0 Å². The second-order valence-electron chi connectivity index (χ2n) is 8.81. The molecule has 1 aliphatic rings. The first-order valence-electron chi connectivity index (χ1n) is 11.4. The van der Waals surface area contributed by atoms with Gasteiger partial charge in [-0.2, -0.15) is 0 Å². The Labute approximate surface area is 200 Å². The van der Waals surface area contributed by atoms with E-state index in [1.165, 1.54) is 0 Å². The van der Waals surface area contributed by atoms with Gasteiger partial charge in [0.05, 0.1) is 29.9 Å². The van der Waals surface area contributed by atoms with E-state index in [0.29, 0.717) is 29.9 Å². The second-order valence-corrected chi connectivity index (χ2v) is 8.81. The third kappa shape index (κ3) is 4.68. The molecule has 2 aromatic carbocycles. The fourth-order valence-electron chi connectivity index (χ4n) is 4.27. The number of nitrogens with zero attached hydrogens (tertiary/aromatic N) is 1. The summed E-state index contributed by atoms with van der Waals surface area (Å²) in [6, 6.07) is 16.4. The molecule has 3 heterocycles. The van der Waals surface area contributed by atoms with Crippen molar-refractivity contribution in [2.24, 2.45) is 0 Å². The number of rotatable bonds is 7. The number of aliphatic hydroxyl groups is 1. The van der Waals surface area contributed by atoms with Crippen LogP contribution in [0.1, 0.15) is 16.8 Å². The summed E-state index contributed by atoms with van der Waals surface area (Å²) >= 11 is 0. The molecule has 4 aromatic rings. The number of likely N-dealkylation sites (tertiary alicyclic amines) is 1. The van der Waals surface area contributed by atoms with Crippen molar-refractivity contribution >= 4 is 33.6 Å². The molecule has 1 saturated heterocycles. The van der Waals surface area contributed by atoms with Crippen molar-refractivity contribution < 1.29 is 19.4 Å². The quantitative estimate of drug-likeness (QED) is 0.326. The average Bonchev–Trinajstić information content (AvgIpc) is 3.24. The lowest BCUT2D eigenvalue weighted by molar-refractivity contribution is -0.144. The molecule has 0 bridgehead atoms. The number of carbonyl (C=O) groups excluding carboxylic acids is 2. The summed E-state index contributed by atoms with van der Waals surface area (Å²) in [5.74, 6) is -0.516. The monoisotopic (exact) mass is 474 g/mol. The van der Waals surface area contributed by atoms with Gasteiger partial charge in [0, 0.05) is 48.7 Å². The summed E-state index contributed by atoms with van der Waals surface area (Å²) in [5.41, 5.74) is 2.94. The van der Waals surface area contributed by atoms with Crippen LogP contribution in [-0.4, -0.2) is 70.7 Å². The molecule has 9 heteroatoms. The third-order valence-corrected chi connectivity index (χ3v) is 6.37. The number of aromatic amines is 2. The maximum absolute atomic E-state index is 12.6. The van der Waals surface area contributed by atoms with Gasteiger partial charge in [-0.25, -0.2) is 0 Å². The van der Waals surface area contributed by atoms with Crippen LogP contribution in [0.15, 0.2) is 59.4 Å². The van der Waals surface area contributed by atoms with Gasteiger partial charge < -0.3 is 30.0 Å². The number of nitrogens with one attached hydrogen (secondary N) is 3. The van der Waals surface area contributed by atoms with E-state index in [0.717, 1.165) is 21.8 Å². The lowest BCUT2D eigenvalue weighted by Gasteiger charge is -2.38. The van der Waals surface area contributed by atoms with E-state index in [2.05, 4.69) is 15.3 Å². The summed E-state index contributed by atoms with van der Waals surface area (Å²) in [7, 11) is 1.60. The number of methoxy groups -OCH3 is 1. The zero-order valence-electron chi connectivity index (χ0n) is 19.2. The van der Waals surface area contributed by atoms with Crippen LogP contribution in [0, 0.1) is 0 Å². The zero-order valence-corrected chi connectivity index (χ0v) is 19.2. The average molecular weight is 475 g/mol. The van der Waals surface area contributed by atoms with E-state index in [1.807, 2.05) is 36.4 Å². The lowest BCUT2D eigenvalue weighted by atomic mass is 10.1. The molecule has 2 amide bonds. The minimum absolute atomic E-state index is 0.0327. The fourth-order valence-corrected chi connectivity index (χ4v) is 4.27. The predicted molar refractivity (Wildman–Crippen MR) is 132 cm³/mol. The normalized spacial score (nSPS) is 14.7. The number of amides is 2. The van der Waals surface area contributed by atoms with Crippen molar-refractivity contribution in [1.29, 1.82) is 0 Å². The van der Waals surface area contributed by atoms with Crippen LogP contribution in [0.5, 0.6) is 0 Å². The zero-order chi connectivity index (χ0) is 24.5. The van der Waals surface area contributed by atoms with E-state index in [9.17, 15) is 19.5 Å². The molecular formula is C26H26N4O5. The predicted octanol–water partition coefficient (Wildman–Crippen LogP) is 2.01. The Balaban J connectivity index is 1.25. The van der Waals surface area contributed by atoms with Crippen LogP contribution >= 0.6 is 0 Å². The Morgan fingerprint density at radius 2 is 1.86 bits per heavy atom. The SMILES string of the molecule is COC1CN(C(=O)CC(O)CNC(=O)c2ccc3[nH]c(-c4cc5ccccc5[nH]c4=O)cc3c2)C1. The molecule has 9 nitrogen and oxygen atoms in total. The number of para-hydroxylation sites is 1. The highest BCUT2D eigenvalue weighted by Gasteiger charge is 2.31. The van der Waals surface area contributed by atoms with Gasteiger partial charge in [-0.1, -0.05) is 18.2 Å².